The van der Waals surface area contributed by atoms with Crippen LogP contribution in [0.1, 0.15) is 24.3 Å². The van der Waals surface area contributed by atoms with Crippen molar-refractivity contribution in [2.24, 2.45) is 0 Å². The first kappa shape index (κ1) is 19.6. The lowest BCUT2D eigenvalue weighted by atomic mass is 10.1. The van der Waals surface area contributed by atoms with E-state index in [-0.39, 0.29) is 17.7 Å². The van der Waals surface area contributed by atoms with Crippen LogP contribution in [0.5, 0.6) is 11.5 Å². The van der Waals surface area contributed by atoms with Gasteiger partial charge in [-0.25, -0.2) is 0 Å². The van der Waals surface area contributed by atoms with Crippen LogP contribution in [-0.4, -0.2) is 35.1 Å². The van der Waals surface area contributed by atoms with Gasteiger partial charge in [-0.3, -0.25) is 4.79 Å². The van der Waals surface area contributed by atoms with Gasteiger partial charge in [0.2, 0.25) is 11.0 Å². The second kappa shape index (κ2) is 9.19. The Morgan fingerprint density at radius 2 is 2.10 bits per heavy atom. The molecule has 3 aromatic rings. The SMILES string of the molecule is CC(NC(=O)CSc1nnc(NCc2ccco2)s1)c1ccc2c(c1)OCCO2. The Balaban J connectivity index is 1.24. The highest BCUT2D eigenvalue weighted by Crippen LogP contribution is 2.32. The quantitative estimate of drug-likeness (QED) is 0.522. The standard InChI is InChI=1S/C19H20N4O4S2/c1-12(13-4-5-15-16(9-13)27-8-7-26-15)21-17(24)11-28-19-23-22-18(29-19)20-10-14-3-2-6-25-14/h2-6,9,12H,7-8,10-11H2,1H3,(H,20,22)(H,21,24). The Labute approximate surface area is 176 Å². The number of nitrogens with zero attached hydrogens (tertiary/aromatic N) is 2. The second-order valence-electron chi connectivity index (χ2n) is 6.29. The zero-order valence-corrected chi connectivity index (χ0v) is 17.3. The van der Waals surface area contributed by atoms with Crippen molar-refractivity contribution in [3.8, 4) is 11.5 Å². The van der Waals surface area contributed by atoms with Gasteiger partial charge in [-0.15, -0.1) is 10.2 Å². The molecule has 152 valence electrons. The lowest BCUT2D eigenvalue weighted by Gasteiger charge is -2.21. The van der Waals surface area contributed by atoms with Crippen molar-refractivity contribution >= 4 is 34.1 Å². The molecule has 0 bridgehead atoms. The molecule has 0 spiro atoms. The van der Waals surface area contributed by atoms with Gasteiger partial charge >= 0.3 is 0 Å². The molecule has 1 aromatic carbocycles. The number of carbonyl (C=O) groups is 1. The largest absolute Gasteiger partial charge is 0.486 e. The van der Waals surface area contributed by atoms with E-state index in [0.29, 0.717) is 30.6 Å². The van der Waals surface area contributed by atoms with Crippen LogP contribution in [0.25, 0.3) is 0 Å². The predicted molar refractivity (Wildman–Crippen MR) is 111 cm³/mol. The van der Waals surface area contributed by atoms with Crippen LogP contribution in [0.2, 0.25) is 0 Å². The third-order valence-corrected chi connectivity index (χ3v) is 6.19. The lowest BCUT2D eigenvalue weighted by molar-refractivity contribution is -0.119. The molecule has 10 heteroatoms. The van der Waals surface area contributed by atoms with Crippen LogP contribution >= 0.6 is 23.1 Å². The number of aromatic nitrogens is 2. The normalized spacial score (nSPS) is 13.7. The summed E-state index contributed by atoms with van der Waals surface area (Å²) in [5.74, 6) is 2.47. The number of nitrogens with one attached hydrogen (secondary N) is 2. The van der Waals surface area contributed by atoms with Gasteiger partial charge in [0, 0.05) is 0 Å². The number of rotatable bonds is 8. The molecular weight excluding hydrogens is 412 g/mol. The van der Waals surface area contributed by atoms with Crippen LogP contribution in [0.15, 0.2) is 45.4 Å². The van der Waals surface area contributed by atoms with Crippen molar-refractivity contribution in [3.05, 3.63) is 47.9 Å². The smallest absolute Gasteiger partial charge is 0.230 e. The summed E-state index contributed by atoms with van der Waals surface area (Å²) in [6, 6.07) is 9.31. The van der Waals surface area contributed by atoms with Gasteiger partial charge in [-0.05, 0) is 36.8 Å². The number of ether oxygens (including phenoxy) is 2. The number of carbonyl (C=O) groups excluding carboxylic acids is 1. The second-order valence-corrected chi connectivity index (χ2v) is 8.49. The van der Waals surface area contributed by atoms with E-state index in [1.807, 2.05) is 37.3 Å². The molecule has 1 amide bonds. The minimum atomic E-state index is -0.140. The predicted octanol–water partition coefficient (Wildman–Crippen LogP) is 3.48. The van der Waals surface area contributed by atoms with E-state index < -0.39 is 0 Å². The third-order valence-electron chi connectivity index (χ3n) is 4.17. The van der Waals surface area contributed by atoms with Crippen molar-refractivity contribution in [3.63, 3.8) is 0 Å². The molecule has 3 heterocycles. The first-order valence-corrected chi connectivity index (χ1v) is 10.9. The number of benzene rings is 1. The van der Waals surface area contributed by atoms with Crippen LogP contribution in [0, 0.1) is 0 Å². The molecule has 1 unspecified atom stereocenters. The van der Waals surface area contributed by atoms with Crippen molar-refractivity contribution < 1.29 is 18.7 Å². The third kappa shape index (κ3) is 5.21. The van der Waals surface area contributed by atoms with Crippen LogP contribution in [0.4, 0.5) is 5.13 Å². The van der Waals surface area contributed by atoms with Gasteiger partial charge in [0.15, 0.2) is 15.8 Å². The van der Waals surface area contributed by atoms with Gasteiger partial charge in [-0.2, -0.15) is 0 Å². The molecule has 0 saturated carbocycles. The van der Waals surface area contributed by atoms with Gasteiger partial charge in [0.25, 0.3) is 0 Å². The van der Waals surface area contributed by atoms with Crippen molar-refractivity contribution in [1.82, 2.24) is 15.5 Å². The molecule has 0 saturated heterocycles. The number of amides is 1. The minimum absolute atomic E-state index is 0.0716. The van der Waals surface area contributed by atoms with E-state index in [1.54, 1.807) is 6.26 Å². The lowest BCUT2D eigenvalue weighted by Crippen LogP contribution is -2.28. The summed E-state index contributed by atoms with van der Waals surface area (Å²) in [5, 5.41) is 15.0. The summed E-state index contributed by atoms with van der Waals surface area (Å²) < 4.78 is 17.1. The summed E-state index contributed by atoms with van der Waals surface area (Å²) in [7, 11) is 0. The van der Waals surface area contributed by atoms with Crippen molar-refractivity contribution in [2.75, 3.05) is 24.3 Å². The van der Waals surface area contributed by atoms with Crippen molar-refractivity contribution in [2.45, 2.75) is 23.8 Å². The molecule has 4 rings (SSSR count). The number of fused-ring (bicyclic) bond motifs is 1. The molecule has 2 N–H and O–H groups in total. The average Bonchev–Trinajstić information content (AvgIpc) is 3.42. The maximum absolute atomic E-state index is 12.3. The molecule has 0 aliphatic carbocycles. The summed E-state index contributed by atoms with van der Waals surface area (Å²) in [6.45, 7) is 3.57. The first-order valence-electron chi connectivity index (χ1n) is 9.09. The summed E-state index contributed by atoms with van der Waals surface area (Å²) in [6.07, 6.45) is 1.63. The van der Waals surface area contributed by atoms with E-state index in [0.717, 1.165) is 21.4 Å². The van der Waals surface area contributed by atoms with Gasteiger partial charge in [0.05, 0.1) is 24.6 Å². The molecule has 1 aliphatic heterocycles. The fraction of sp³-hybridized carbons (Fsp3) is 0.316. The topological polar surface area (TPSA) is 98.5 Å². The molecule has 1 atom stereocenters. The van der Waals surface area contributed by atoms with E-state index in [1.165, 1.54) is 23.1 Å². The first-order chi connectivity index (χ1) is 14.2. The van der Waals surface area contributed by atoms with Crippen LogP contribution < -0.4 is 20.1 Å². The molecule has 0 fully saturated rings. The Kier molecular flexibility index (Phi) is 6.20. The number of anilines is 1. The highest BCUT2D eigenvalue weighted by atomic mass is 32.2. The zero-order valence-electron chi connectivity index (χ0n) is 15.7. The maximum atomic E-state index is 12.3. The summed E-state index contributed by atoms with van der Waals surface area (Å²) >= 11 is 2.76. The summed E-state index contributed by atoms with van der Waals surface area (Å²) in [5.41, 5.74) is 0.966. The monoisotopic (exact) mass is 432 g/mol. The highest BCUT2D eigenvalue weighted by Gasteiger charge is 2.16. The minimum Gasteiger partial charge on any atom is -0.486 e. The molecular formula is C19H20N4O4S2. The van der Waals surface area contributed by atoms with Gasteiger partial charge < -0.3 is 24.5 Å². The number of hydrogen-bond acceptors (Lipinski definition) is 9. The molecule has 8 nitrogen and oxygen atoms in total. The Morgan fingerprint density at radius 1 is 1.24 bits per heavy atom. The van der Waals surface area contributed by atoms with Crippen LogP contribution in [0.3, 0.4) is 0 Å². The fourth-order valence-electron chi connectivity index (χ4n) is 2.74. The maximum Gasteiger partial charge on any atom is 0.230 e. The number of hydrogen-bond donors (Lipinski definition) is 2. The summed E-state index contributed by atoms with van der Waals surface area (Å²) in [4.78, 5) is 12.3. The van der Waals surface area contributed by atoms with E-state index in [4.69, 9.17) is 13.9 Å². The van der Waals surface area contributed by atoms with E-state index in [2.05, 4.69) is 20.8 Å². The molecule has 2 aromatic heterocycles. The highest BCUT2D eigenvalue weighted by molar-refractivity contribution is 8.01. The molecule has 1 aliphatic rings. The van der Waals surface area contributed by atoms with Gasteiger partial charge in [-0.1, -0.05) is 29.2 Å². The zero-order chi connectivity index (χ0) is 20.1. The average molecular weight is 433 g/mol. The Bertz CT molecular complexity index is 961. The van der Waals surface area contributed by atoms with E-state index in [9.17, 15) is 4.79 Å². The number of thioether (sulfide) groups is 1. The fourth-order valence-corrected chi connectivity index (χ4v) is 4.30. The Hall–Kier alpha value is -2.72. The molecule has 29 heavy (non-hydrogen) atoms. The van der Waals surface area contributed by atoms with Crippen molar-refractivity contribution in [1.29, 1.82) is 0 Å². The van der Waals surface area contributed by atoms with Gasteiger partial charge in [0.1, 0.15) is 19.0 Å². The number of furan rings is 1. The van der Waals surface area contributed by atoms with E-state index >= 15 is 0 Å². The molecule has 0 radical (unpaired) electrons. The van der Waals surface area contributed by atoms with Crippen LogP contribution in [-0.2, 0) is 11.3 Å². The Morgan fingerprint density at radius 3 is 2.93 bits per heavy atom.